The first-order valence-electron chi connectivity index (χ1n) is 9.96. The maximum Gasteiger partial charge on any atom is 0.335 e. The molecule has 0 aromatic heterocycles. The second-order valence-electron chi connectivity index (χ2n) is 7.53. The van der Waals surface area contributed by atoms with Crippen molar-refractivity contribution in [3.8, 4) is 0 Å². The molecule has 0 radical (unpaired) electrons. The summed E-state index contributed by atoms with van der Waals surface area (Å²) in [5, 5.41) is 5.64. The first-order chi connectivity index (χ1) is 13.8. The zero-order chi connectivity index (χ0) is 21.3. The SMILES string of the molecule is CC(C)[Si](O)(O)CCCCC(NC(=O)c1ccccc1)C(=O)Nc1ccccc1. The van der Waals surface area contributed by atoms with Crippen LogP contribution in [0.1, 0.15) is 43.5 Å². The number of hydrogen-bond acceptors (Lipinski definition) is 4. The van der Waals surface area contributed by atoms with Crippen LogP contribution in [-0.2, 0) is 4.79 Å². The first kappa shape index (κ1) is 22.8. The third-order valence-electron chi connectivity index (χ3n) is 4.91. The number of benzene rings is 2. The Morgan fingerprint density at radius 2 is 1.52 bits per heavy atom. The molecule has 2 rings (SSSR count). The van der Waals surface area contributed by atoms with Gasteiger partial charge in [0.1, 0.15) is 6.04 Å². The second kappa shape index (κ2) is 10.9. The minimum Gasteiger partial charge on any atom is -0.410 e. The van der Waals surface area contributed by atoms with E-state index in [-0.39, 0.29) is 17.4 Å². The number of anilines is 1. The zero-order valence-corrected chi connectivity index (χ0v) is 18.0. The summed E-state index contributed by atoms with van der Waals surface area (Å²) in [7, 11) is -3.21. The van der Waals surface area contributed by atoms with Crippen LogP contribution in [-0.4, -0.2) is 36.0 Å². The Bertz CT molecular complexity index is 782. The third kappa shape index (κ3) is 7.45. The van der Waals surface area contributed by atoms with E-state index in [1.807, 2.05) is 38.1 Å². The molecule has 0 aliphatic carbocycles. The Kier molecular flexibility index (Phi) is 8.57. The molecule has 2 aromatic carbocycles. The molecule has 0 aliphatic heterocycles. The van der Waals surface area contributed by atoms with Crippen molar-refractivity contribution in [1.29, 1.82) is 0 Å². The Labute approximate surface area is 173 Å². The van der Waals surface area contributed by atoms with E-state index in [1.165, 1.54) is 0 Å². The summed E-state index contributed by atoms with van der Waals surface area (Å²) in [6.45, 7) is 3.62. The highest BCUT2D eigenvalue weighted by Crippen LogP contribution is 2.22. The number of rotatable bonds is 10. The van der Waals surface area contributed by atoms with E-state index in [4.69, 9.17) is 0 Å². The van der Waals surface area contributed by atoms with Gasteiger partial charge in [-0.2, -0.15) is 0 Å². The quantitative estimate of drug-likeness (QED) is 0.354. The molecule has 0 saturated carbocycles. The molecule has 0 spiro atoms. The first-order valence-corrected chi connectivity index (χ1v) is 12.1. The maximum atomic E-state index is 12.8. The molecule has 1 atom stereocenters. The van der Waals surface area contributed by atoms with Gasteiger partial charge in [0.2, 0.25) is 5.91 Å². The number of nitrogens with one attached hydrogen (secondary N) is 2. The van der Waals surface area contributed by atoms with Crippen molar-refractivity contribution in [2.24, 2.45) is 0 Å². The molecular formula is C22H30N2O4Si. The van der Waals surface area contributed by atoms with Crippen molar-refractivity contribution in [2.75, 3.05) is 5.32 Å². The summed E-state index contributed by atoms with van der Waals surface area (Å²) >= 11 is 0. The van der Waals surface area contributed by atoms with Crippen LogP contribution in [0, 0.1) is 0 Å². The number of unbranched alkanes of at least 4 members (excludes halogenated alkanes) is 1. The average molecular weight is 415 g/mol. The summed E-state index contributed by atoms with van der Waals surface area (Å²) < 4.78 is 0. The maximum absolute atomic E-state index is 12.8. The van der Waals surface area contributed by atoms with Crippen LogP contribution in [0.4, 0.5) is 5.69 Å². The lowest BCUT2D eigenvalue weighted by Gasteiger charge is -2.22. The van der Waals surface area contributed by atoms with Gasteiger partial charge in [-0.05, 0) is 42.3 Å². The average Bonchev–Trinajstić information content (AvgIpc) is 2.71. The Hall–Kier alpha value is -2.48. The molecule has 29 heavy (non-hydrogen) atoms. The van der Waals surface area contributed by atoms with E-state index in [9.17, 15) is 19.2 Å². The van der Waals surface area contributed by atoms with E-state index in [1.54, 1.807) is 36.4 Å². The summed E-state index contributed by atoms with van der Waals surface area (Å²) in [5.41, 5.74) is 1.01. The molecule has 1 unspecified atom stereocenters. The lowest BCUT2D eigenvalue weighted by Crippen LogP contribution is -2.44. The number of hydrogen-bond donors (Lipinski definition) is 4. The standard InChI is InChI=1S/C22H30N2O4Si/c1-17(2)29(27,28)16-10-9-15-20(22(26)23-19-13-7-4-8-14-19)24-21(25)18-11-5-3-6-12-18/h3-8,11-14,17,20,27-28H,9-10,15-16H2,1-2H3,(H,23,26)(H,24,25). The summed E-state index contributed by atoms with van der Waals surface area (Å²) in [6.07, 6.45) is 1.61. The van der Waals surface area contributed by atoms with Gasteiger partial charge in [-0.3, -0.25) is 9.59 Å². The van der Waals surface area contributed by atoms with Gasteiger partial charge >= 0.3 is 8.56 Å². The van der Waals surface area contributed by atoms with Gasteiger partial charge in [0.15, 0.2) is 0 Å². The van der Waals surface area contributed by atoms with Crippen LogP contribution >= 0.6 is 0 Å². The third-order valence-corrected chi connectivity index (χ3v) is 7.85. The fourth-order valence-corrected chi connectivity index (χ4v) is 4.22. The molecule has 7 heteroatoms. The summed E-state index contributed by atoms with van der Waals surface area (Å²) in [5.74, 6) is -0.602. The number of para-hydroxylation sites is 1. The molecule has 0 bridgehead atoms. The highest BCUT2D eigenvalue weighted by atomic mass is 28.4. The fourth-order valence-electron chi connectivity index (χ4n) is 2.87. The highest BCUT2D eigenvalue weighted by Gasteiger charge is 2.32. The van der Waals surface area contributed by atoms with Gasteiger partial charge in [-0.25, -0.2) is 0 Å². The smallest absolute Gasteiger partial charge is 0.335 e. The van der Waals surface area contributed by atoms with Gasteiger partial charge in [0.05, 0.1) is 0 Å². The minimum atomic E-state index is -3.21. The van der Waals surface area contributed by atoms with Gasteiger partial charge in [-0.15, -0.1) is 0 Å². The van der Waals surface area contributed by atoms with E-state index in [0.717, 1.165) is 0 Å². The van der Waals surface area contributed by atoms with Crippen LogP contribution in [0.2, 0.25) is 11.6 Å². The largest absolute Gasteiger partial charge is 0.410 e. The Morgan fingerprint density at radius 3 is 2.10 bits per heavy atom. The fraction of sp³-hybridized carbons (Fsp3) is 0.364. The molecule has 156 valence electrons. The topological polar surface area (TPSA) is 98.7 Å². The van der Waals surface area contributed by atoms with Gasteiger partial charge in [0, 0.05) is 11.3 Å². The molecule has 4 N–H and O–H groups in total. The predicted molar refractivity (Wildman–Crippen MR) is 117 cm³/mol. The Balaban J connectivity index is 2.00. The lowest BCUT2D eigenvalue weighted by atomic mass is 10.1. The minimum absolute atomic E-state index is 0.141. The van der Waals surface area contributed by atoms with E-state index >= 15 is 0 Å². The molecule has 2 amide bonds. The number of amides is 2. The normalized spacial score (nSPS) is 12.4. The van der Waals surface area contributed by atoms with Crippen LogP contribution in [0.25, 0.3) is 0 Å². The van der Waals surface area contributed by atoms with E-state index in [0.29, 0.717) is 36.6 Å². The van der Waals surface area contributed by atoms with Crippen LogP contribution < -0.4 is 10.6 Å². The molecule has 0 fully saturated rings. The molecular weight excluding hydrogens is 384 g/mol. The van der Waals surface area contributed by atoms with Crippen molar-refractivity contribution in [3.63, 3.8) is 0 Å². The molecule has 0 saturated heterocycles. The molecule has 0 heterocycles. The van der Waals surface area contributed by atoms with Crippen LogP contribution in [0.3, 0.4) is 0 Å². The highest BCUT2D eigenvalue weighted by molar-refractivity contribution is 6.66. The summed E-state index contributed by atoms with van der Waals surface area (Å²) in [6, 6.07) is 17.5. The van der Waals surface area contributed by atoms with Crippen molar-refractivity contribution < 1.29 is 19.2 Å². The van der Waals surface area contributed by atoms with Crippen LogP contribution in [0.15, 0.2) is 60.7 Å². The second-order valence-corrected chi connectivity index (χ2v) is 10.9. The lowest BCUT2D eigenvalue weighted by molar-refractivity contribution is -0.118. The summed E-state index contributed by atoms with van der Waals surface area (Å²) in [4.78, 5) is 45.5. The molecule has 0 aliphatic rings. The van der Waals surface area contributed by atoms with Gasteiger partial charge < -0.3 is 20.2 Å². The Morgan fingerprint density at radius 1 is 0.931 bits per heavy atom. The van der Waals surface area contributed by atoms with Crippen molar-refractivity contribution in [2.45, 2.75) is 50.7 Å². The van der Waals surface area contributed by atoms with E-state index < -0.39 is 14.6 Å². The molecule has 2 aromatic rings. The number of carbonyl (C=O) groups excluding carboxylic acids is 2. The monoisotopic (exact) mass is 414 g/mol. The van der Waals surface area contributed by atoms with Gasteiger partial charge in [0.25, 0.3) is 5.91 Å². The van der Waals surface area contributed by atoms with Crippen molar-refractivity contribution in [3.05, 3.63) is 66.2 Å². The zero-order valence-electron chi connectivity index (χ0n) is 17.0. The predicted octanol–water partition coefficient (Wildman–Crippen LogP) is 3.43. The van der Waals surface area contributed by atoms with Crippen molar-refractivity contribution >= 4 is 26.1 Å². The van der Waals surface area contributed by atoms with Crippen LogP contribution in [0.5, 0.6) is 0 Å². The van der Waals surface area contributed by atoms with E-state index in [2.05, 4.69) is 10.6 Å². The molecule has 6 nitrogen and oxygen atoms in total. The van der Waals surface area contributed by atoms with Gasteiger partial charge in [-0.1, -0.05) is 63.1 Å². The number of carbonyl (C=O) groups is 2. The van der Waals surface area contributed by atoms with Crippen molar-refractivity contribution in [1.82, 2.24) is 5.32 Å².